The number of rotatable bonds is 30. The van der Waals surface area contributed by atoms with Gasteiger partial charge in [0.05, 0.1) is 0 Å². The number of fused-ring (bicyclic) bond motifs is 6. The van der Waals surface area contributed by atoms with Gasteiger partial charge in [0.25, 0.3) is 0 Å². The zero-order valence-corrected chi connectivity index (χ0v) is 38.4. The van der Waals surface area contributed by atoms with Gasteiger partial charge in [0, 0.05) is 22.2 Å². The van der Waals surface area contributed by atoms with Gasteiger partial charge in [-0.25, -0.2) is 0 Å². The zero-order chi connectivity index (χ0) is 41.2. The van der Waals surface area contributed by atoms with Crippen molar-refractivity contribution in [2.24, 2.45) is 0 Å². The van der Waals surface area contributed by atoms with E-state index in [2.05, 4.69) is 118 Å². The minimum Gasteiger partial charge on any atom is -0.356 e. The Labute approximate surface area is 363 Å². The van der Waals surface area contributed by atoms with Gasteiger partial charge < -0.3 is 5.32 Å². The molecule has 0 heterocycles. The molecule has 0 fully saturated rings. The largest absolute Gasteiger partial charge is 0.356 e. The van der Waals surface area contributed by atoms with Crippen molar-refractivity contribution < 1.29 is 0 Å². The Morgan fingerprint density at radius 1 is 0.305 bits per heavy atom. The molecule has 320 valence electrons. The average molecular weight is 794 g/mol. The molecular formula is C58H83N. The van der Waals surface area contributed by atoms with Crippen LogP contribution in [0.3, 0.4) is 0 Å². The third-order valence-corrected chi connectivity index (χ3v) is 14.7. The van der Waals surface area contributed by atoms with Crippen molar-refractivity contribution in [1.29, 1.82) is 0 Å². The molecule has 0 atom stereocenters. The van der Waals surface area contributed by atoms with Crippen LogP contribution >= 0.6 is 0 Å². The van der Waals surface area contributed by atoms with E-state index in [1.807, 2.05) is 0 Å². The van der Waals surface area contributed by atoms with Gasteiger partial charge in [-0.2, -0.15) is 0 Å². The fourth-order valence-electron chi connectivity index (χ4n) is 11.4. The minimum atomic E-state index is 0.0993. The standard InChI is InChI=1S/C58H83N/c1-5-9-13-17-21-29-41-57(42-30-22-18-14-10-6-2)53-35-27-25-33-49(53)51-39-37-47(45-55(51)57)59-48-38-40-52-50-34-26-28-36-54(50)58(56(52)46-48,43-31-23-19-15-11-7-3)44-32-24-20-16-12-8-4/h25-28,33-40,45-46,59H,5-24,29-32,41-44H2,1-4H3. The molecule has 0 aromatic heterocycles. The highest BCUT2D eigenvalue weighted by atomic mass is 14.9. The van der Waals surface area contributed by atoms with E-state index in [-0.39, 0.29) is 10.8 Å². The van der Waals surface area contributed by atoms with Gasteiger partial charge in [-0.1, -0.05) is 242 Å². The van der Waals surface area contributed by atoms with Crippen molar-refractivity contribution in [3.63, 3.8) is 0 Å². The predicted octanol–water partition coefficient (Wildman–Crippen LogP) is 19.0. The first-order chi connectivity index (χ1) is 29.1. The molecule has 4 aromatic carbocycles. The molecule has 1 heteroatoms. The van der Waals surface area contributed by atoms with Crippen LogP contribution in [0.4, 0.5) is 11.4 Å². The lowest BCUT2D eigenvalue weighted by atomic mass is 9.70. The Morgan fingerprint density at radius 3 is 0.932 bits per heavy atom. The second kappa shape index (κ2) is 23.6. The van der Waals surface area contributed by atoms with E-state index in [1.165, 1.54) is 213 Å². The summed E-state index contributed by atoms with van der Waals surface area (Å²) in [5.74, 6) is 0. The molecule has 4 aromatic rings. The molecule has 0 bridgehead atoms. The highest BCUT2D eigenvalue weighted by Gasteiger charge is 2.43. The lowest BCUT2D eigenvalue weighted by molar-refractivity contribution is 0.398. The monoisotopic (exact) mass is 794 g/mol. The normalized spacial score (nSPS) is 14.2. The van der Waals surface area contributed by atoms with Crippen LogP contribution in [0.25, 0.3) is 22.3 Å². The molecular weight excluding hydrogens is 711 g/mol. The molecule has 1 N–H and O–H groups in total. The molecule has 2 aliphatic rings. The molecule has 0 radical (unpaired) electrons. The first-order valence-corrected chi connectivity index (χ1v) is 25.4. The van der Waals surface area contributed by atoms with E-state index in [4.69, 9.17) is 0 Å². The maximum Gasteiger partial charge on any atom is 0.0387 e. The molecule has 0 amide bonds. The summed E-state index contributed by atoms with van der Waals surface area (Å²) >= 11 is 0. The highest BCUT2D eigenvalue weighted by molar-refractivity contribution is 5.85. The summed E-state index contributed by atoms with van der Waals surface area (Å²) in [6.07, 6.45) is 37.5. The van der Waals surface area contributed by atoms with Crippen LogP contribution in [0.5, 0.6) is 0 Å². The molecule has 6 rings (SSSR count). The number of benzene rings is 4. The van der Waals surface area contributed by atoms with E-state index >= 15 is 0 Å². The molecule has 2 aliphatic carbocycles. The van der Waals surface area contributed by atoms with Crippen LogP contribution in [0.1, 0.15) is 230 Å². The lowest BCUT2D eigenvalue weighted by Crippen LogP contribution is -2.26. The van der Waals surface area contributed by atoms with Crippen LogP contribution in [-0.2, 0) is 10.8 Å². The Morgan fingerprint density at radius 2 is 0.593 bits per heavy atom. The fraction of sp³-hybridized carbons (Fsp3) is 0.586. The lowest BCUT2D eigenvalue weighted by Gasteiger charge is -2.33. The Hall–Kier alpha value is -3.32. The van der Waals surface area contributed by atoms with Crippen LogP contribution in [0.2, 0.25) is 0 Å². The van der Waals surface area contributed by atoms with Crippen LogP contribution in [0.15, 0.2) is 84.9 Å². The maximum absolute atomic E-state index is 4.05. The third kappa shape index (κ3) is 11.1. The topological polar surface area (TPSA) is 12.0 Å². The zero-order valence-electron chi connectivity index (χ0n) is 38.4. The van der Waals surface area contributed by atoms with Gasteiger partial charge >= 0.3 is 0 Å². The second-order valence-electron chi connectivity index (χ2n) is 19.0. The fourth-order valence-corrected chi connectivity index (χ4v) is 11.4. The van der Waals surface area contributed by atoms with E-state index in [1.54, 1.807) is 22.3 Å². The number of anilines is 2. The summed E-state index contributed by atoms with van der Waals surface area (Å²) in [6, 6.07) is 33.8. The third-order valence-electron chi connectivity index (χ3n) is 14.7. The summed E-state index contributed by atoms with van der Waals surface area (Å²) in [7, 11) is 0. The van der Waals surface area contributed by atoms with E-state index in [9.17, 15) is 0 Å². The van der Waals surface area contributed by atoms with Crippen molar-refractivity contribution in [3.05, 3.63) is 107 Å². The summed E-state index contributed by atoms with van der Waals surface area (Å²) in [6.45, 7) is 9.33. The van der Waals surface area contributed by atoms with Gasteiger partial charge in [0.2, 0.25) is 0 Å². The van der Waals surface area contributed by atoms with Crippen molar-refractivity contribution in [1.82, 2.24) is 0 Å². The number of hydrogen-bond donors (Lipinski definition) is 1. The average Bonchev–Trinajstić information content (AvgIpc) is 3.69. The summed E-state index contributed by atoms with van der Waals surface area (Å²) in [5.41, 5.74) is 15.0. The molecule has 0 spiro atoms. The van der Waals surface area contributed by atoms with E-state index < -0.39 is 0 Å². The van der Waals surface area contributed by atoms with Crippen molar-refractivity contribution in [3.8, 4) is 22.3 Å². The van der Waals surface area contributed by atoms with Crippen molar-refractivity contribution in [2.45, 2.75) is 218 Å². The first-order valence-electron chi connectivity index (χ1n) is 25.4. The Bertz CT molecular complexity index is 1660. The molecule has 0 aliphatic heterocycles. The van der Waals surface area contributed by atoms with Crippen LogP contribution in [-0.4, -0.2) is 0 Å². The highest BCUT2D eigenvalue weighted by Crippen LogP contribution is 2.57. The predicted molar refractivity (Wildman–Crippen MR) is 261 cm³/mol. The smallest absolute Gasteiger partial charge is 0.0387 e. The van der Waals surface area contributed by atoms with E-state index in [0.29, 0.717) is 0 Å². The summed E-state index contributed by atoms with van der Waals surface area (Å²) in [4.78, 5) is 0. The van der Waals surface area contributed by atoms with E-state index in [0.717, 1.165) is 0 Å². The second-order valence-corrected chi connectivity index (χ2v) is 19.0. The summed E-state index contributed by atoms with van der Waals surface area (Å²) < 4.78 is 0. The molecule has 0 unspecified atom stereocenters. The number of nitrogens with one attached hydrogen (secondary N) is 1. The summed E-state index contributed by atoms with van der Waals surface area (Å²) in [5, 5.41) is 4.05. The molecule has 1 nitrogen and oxygen atoms in total. The SMILES string of the molecule is CCCCCCCCC1(CCCCCCCC)c2ccccc2-c2ccc(Nc3ccc4c(c3)C(CCCCCCCC)(CCCCCCCC)c3ccccc3-4)cc21. The van der Waals surface area contributed by atoms with Gasteiger partial charge in [-0.05, 0) is 94.5 Å². The van der Waals surface area contributed by atoms with Crippen LogP contribution in [0, 0.1) is 0 Å². The van der Waals surface area contributed by atoms with Crippen molar-refractivity contribution >= 4 is 11.4 Å². The minimum absolute atomic E-state index is 0.0993. The first kappa shape index (κ1) is 45.2. The number of hydrogen-bond acceptors (Lipinski definition) is 1. The van der Waals surface area contributed by atoms with Gasteiger partial charge in [0.1, 0.15) is 0 Å². The molecule has 59 heavy (non-hydrogen) atoms. The molecule has 0 saturated carbocycles. The van der Waals surface area contributed by atoms with Gasteiger partial charge in [0.15, 0.2) is 0 Å². The van der Waals surface area contributed by atoms with Gasteiger partial charge in [-0.3, -0.25) is 0 Å². The number of unbranched alkanes of at least 4 members (excludes halogenated alkanes) is 20. The quantitative estimate of drug-likeness (QED) is 0.0519. The van der Waals surface area contributed by atoms with Crippen LogP contribution < -0.4 is 5.32 Å². The Balaban J connectivity index is 1.30. The van der Waals surface area contributed by atoms with Gasteiger partial charge in [-0.15, -0.1) is 0 Å². The maximum atomic E-state index is 4.05. The molecule has 0 saturated heterocycles. The van der Waals surface area contributed by atoms with Crippen molar-refractivity contribution in [2.75, 3.05) is 5.32 Å². The Kier molecular flexibility index (Phi) is 18.1.